The van der Waals surface area contributed by atoms with Gasteiger partial charge in [-0.25, -0.2) is 8.78 Å². The van der Waals surface area contributed by atoms with E-state index in [1.807, 2.05) is 0 Å². The maximum atomic E-state index is 12.7. The molecule has 64 valence electrons. The first-order valence-corrected chi connectivity index (χ1v) is 3.20. The first-order valence-electron chi connectivity index (χ1n) is 3.20. The molecule has 0 spiro atoms. The summed E-state index contributed by atoms with van der Waals surface area (Å²) in [5, 5.41) is 10.7. The van der Waals surface area contributed by atoms with Gasteiger partial charge in [-0.1, -0.05) is 0 Å². The van der Waals surface area contributed by atoms with Crippen molar-refractivity contribution >= 4 is 6.21 Å². The summed E-state index contributed by atoms with van der Waals surface area (Å²) in [5.74, 6) is -1.47. The molecule has 0 saturated carbocycles. The Kier molecular flexibility index (Phi) is 2.68. The molecule has 1 aromatic rings. The van der Waals surface area contributed by atoms with Crippen molar-refractivity contribution in [2.24, 2.45) is 5.16 Å². The third kappa shape index (κ3) is 1.98. The molecule has 0 unspecified atom stereocenters. The molecule has 0 amide bonds. The van der Waals surface area contributed by atoms with Gasteiger partial charge < -0.3 is 5.21 Å². The lowest BCUT2D eigenvalue weighted by Crippen LogP contribution is -1.96. The minimum atomic E-state index is -0.741. The van der Waals surface area contributed by atoms with E-state index in [0.29, 0.717) is 0 Å². The van der Waals surface area contributed by atoms with Crippen LogP contribution in [0.3, 0.4) is 0 Å². The van der Waals surface area contributed by atoms with Crippen LogP contribution in [0.2, 0.25) is 0 Å². The third-order valence-electron chi connectivity index (χ3n) is 1.25. The quantitative estimate of drug-likeness (QED) is 0.416. The van der Waals surface area contributed by atoms with Crippen molar-refractivity contribution < 1.29 is 14.0 Å². The second-order valence-corrected chi connectivity index (χ2v) is 2.08. The molecule has 0 atom stereocenters. The molecule has 12 heavy (non-hydrogen) atoms. The number of hydrogen-bond donors (Lipinski definition) is 1. The topological polar surface area (TPSA) is 45.5 Å². The molecule has 0 aliphatic heterocycles. The smallest absolute Gasteiger partial charge is 0.147 e. The molecule has 1 rings (SSSR count). The van der Waals surface area contributed by atoms with Crippen molar-refractivity contribution in [2.45, 2.75) is 6.42 Å². The van der Waals surface area contributed by atoms with E-state index in [1.54, 1.807) is 0 Å². The molecule has 1 heterocycles. The highest BCUT2D eigenvalue weighted by atomic mass is 19.1. The van der Waals surface area contributed by atoms with Gasteiger partial charge in [0.1, 0.15) is 11.6 Å². The van der Waals surface area contributed by atoms with E-state index >= 15 is 0 Å². The number of rotatable bonds is 2. The van der Waals surface area contributed by atoms with Crippen molar-refractivity contribution in [3.05, 3.63) is 29.6 Å². The summed E-state index contributed by atoms with van der Waals surface area (Å²) in [7, 11) is 0. The Morgan fingerprint density at radius 3 is 2.92 bits per heavy atom. The van der Waals surface area contributed by atoms with Crippen LogP contribution in [0.5, 0.6) is 0 Å². The Balaban J connectivity index is 2.86. The van der Waals surface area contributed by atoms with E-state index in [4.69, 9.17) is 5.21 Å². The number of nitrogens with zero attached hydrogens (tertiary/aromatic N) is 2. The van der Waals surface area contributed by atoms with Crippen LogP contribution in [0.4, 0.5) is 8.78 Å². The molecular formula is C7H6F2N2O. The van der Waals surface area contributed by atoms with Gasteiger partial charge in [0, 0.05) is 18.7 Å². The molecule has 0 radical (unpaired) electrons. The first-order chi connectivity index (χ1) is 5.74. The van der Waals surface area contributed by atoms with Gasteiger partial charge in [-0.15, -0.1) is 5.16 Å². The van der Waals surface area contributed by atoms with Crippen molar-refractivity contribution in [1.29, 1.82) is 0 Å². The van der Waals surface area contributed by atoms with Crippen LogP contribution < -0.4 is 0 Å². The molecule has 0 aliphatic rings. The van der Waals surface area contributed by atoms with Crippen molar-refractivity contribution in [3.8, 4) is 0 Å². The summed E-state index contributed by atoms with van der Waals surface area (Å²) in [6, 6.07) is 0.730. The fourth-order valence-electron chi connectivity index (χ4n) is 0.720. The summed E-state index contributed by atoms with van der Waals surface area (Å²) < 4.78 is 25.0. The number of pyridine rings is 1. The van der Waals surface area contributed by atoms with Gasteiger partial charge in [0.05, 0.1) is 11.9 Å². The maximum Gasteiger partial charge on any atom is 0.147 e. The van der Waals surface area contributed by atoms with Crippen molar-refractivity contribution in [1.82, 2.24) is 4.98 Å². The lowest BCUT2D eigenvalue weighted by molar-refractivity contribution is 0.320. The molecule has 0 aromatic carbocycles. The van der Waals surface area contributed by atoms with Crippen LogP contribution in [0.15, 0.2) is 17.4 Å². The van der Waals surface area contributed by atoms with E-state index in [0.717, 1.165) is 18.5 Å². The van der Waals surface area contributed by atoms with Crippen LogP contribution in [0, 0.1) is 11.6 Å². The number of halogens is 2. The molecule has 3 nitrogen and oxygen atoms in total. The molecular weight excluding hydrogens is 166 g/mol. The maximum absolute atomic E-state index is 12.7. The number of oxime groups is 1. The number of hydrogen-bond acceptors (Lipinski definition) is 3. The van der Waals surface area contributed by atoms with Crippen molar-refractivity contribution in [3.63, 3.8) is 0 Å². The molecule has 0 saturated heterocycles. The van der Waals surface area contributed by atoms with Crippen LogP contribution in [-0.2, 0) is 6.42 Å². The Morgan fingerprint density at radius 1 is 1.58 bits per heavy atom. The first kappa shape index (κ1) is 8.58. The molecule has 5 heteroatoms. The second-order valence-electron chi connectivity index (χ2n) is 2.08. The SMILES string of the molecule is ON=CCc1ncc(F)cc1F. The lowest BCUT2D eigenvalue weighted by atomic mass is 10.3. The zero-order chi connectivity index (χ0) is 8.97. The Bertz CT molecular complexity index is 301. The van der Waals surface area contributed by atoms with Crippen molar-refractivity contribution in [2.75, 3.05) is 0 Å². The molecule has 1 aromatic heterocycles. The Morgan fingerprint density at radius 2 is 2.33 bits per heavy atom. The van der Waals surface area contributed by atoms with Gasteiger partial charge in [-0.05, 0) is 0 Å². The molecule has 0 bridgehead atoms. The fourth-order valence-corrected chi connectivity index (χ4v) is 0.720. The fraction of sp³-hybridized carbons (Fsp3) is 0.143. The highest BCUT2D eigenvalue weighted by Crippen LogP contribution is 2.05. The van der Waals surface area contributed by atoms with E-state index in [1.165, 1.54) is 0 Å². The highest BCUT2D eigenvalue weighted by Gasteiger charge is 2.03. The third-order valence-corrected chi connectivity index (χ3v) is 1.25. The average molecular weight is 172 g/mol. The summed E-state index contributed by atoms with van der Waals surface area (Å²) >= 11 is 0. The van der Waals surface area contributed by atoms with E-state index in [-0.39, 0.29) is 12.1 Å². The normalized spacial score (nSPS) is 10.8. The van der Waals surface area contributed by atoms with Crippen LogP contribution in [0.25, 0.3) is 0 Å². The summed E-state index contributed by atoms with van der Waals surface area (Å²) in [5.41, 5.74) is 0.0502. The van der Waals surface area contributed by atoms with Gasteiger partial charge >= 0.3 is 0 Å². The zero-order valence-electron chi connectivity index (χ0n) is 6.04. The molecule has 1 N–H and O–H groups in total. The summed E-state index contributed by atoms with van der Waals surface area (Å²) in [6.45, 7) is 0. The molecule has 0 aliphatic carbocycles. The molecule has 0 fully saturated rings. The summed E-state index contributed by atoms with van der Waals surface area (Å²) in [4.78, 5) is 3.46. The largest absolute Gasteiger partial charge is 0.411 e. The van der Waals surface area contributed by atoms with E-state index in [9.17, 15) is 8.78 Å². The number of aromatic nitrogens is 1. The highest BCUT2D eigenvalue weighted by molar-refractivity contribution is 5.59. The van der Waals surface area contributed by atoms with Gasteiger partial charge in [0.2, 0.25) is 0 Å². The predicted octanol–water partition coefficient (Wildman–Crippen LogP) is 1.36. The van der Waals surface area contributed by atoms with Gasteiger partial charge in [-0.3, -0.25) is 4.98 Å². The predicted molar refractivity (Wildman–Crippen MR) is 38.1 cm³/mol. The minimum Gasteiger partial charge on any atom is -0.411 e. The Labute approximate surface area is 67.4 Å². The van der Waals surface area contributed by atoms with E-state index < -0.39 is 11.6 Å². The van der Waals surface area contributed by atoms with Crippen LogP contribution in [0.1, 0.15) is 5.69 Å². The lowest BCUT2D eigenvalue weighted by Gasteiger charge is -1.96. The minimum absolute atomic E-state index is 0.0443. The monoisotopic (exact) mass is 172 g/mol. The summed E-state index contributed by atoms with van der Waals surface area (Å²) in [6.07, 6.45) is 2.02. The standard InChI is InChI=1S/C7H6F2N2O/c8-5-3-6(9)7(10-4-5)1-2-11-12/h2-4,12H,1H2. The zero-order valence-corrected chi connectivity index (χ0v) is 6.04. The van der Waals surface area contributed by atoms with E-state index in [2.05, 4.69) is 10.1 Å². The Hall–Kier alpha value is -1.52. The van der Waals surface area contributed by atoms with Crippen LogP contribution in [-0.4, -0.2) is 16.4 Å². The second kappa shape index (κ2) is 3.75. The van der Waals surface area contributed by atoms with Gasteiger partial charge in [-0.2, -0.15) is 0 Å². The van der Waals surface area contributed by atoms with Gasteiger partial charge in [0.25, 0.3) is 0 Å². The average Bonchev–Trinajstić information content (AvgIpc) is 2.03. The van der Waals surface area contributed by atoms with Gasteiger partial charge in [0.15, 0.2) is 0 Å². The van der Waals surface area contributed by atoms with Crippen LogP contribution >= 0.6 is 0 Å².